The van der Waals surface area contributed by atoms with Gasteiger partial charge in [-0.2, -0.15) is 0 Å². The number of hydrogen-bond acceptors (Lipinski definition) is 4. The fourth-order valence-corrected chi connectivity index (χ4v) is 8.15. The Labute approximate surface area is 288 Å². The summed E-state index contributed by atoms with van der Waals surface area (Å²) >= 11 is 8.20. The molecule has 0 spiro atoms. The molecule has 6 rings (SSSR count). The van der Waals surface area contributed by atoms with Gasteiger partial charge in [0.15, 0.2) is 0 Å². The van der Waals surface area contributed by atoms with E-state index in [9.17, 15) is 0 Å². The number of unbranched alkanes of at least 4 members (excludes halogenated alkanes) is 4. The van der Waals surface area contributed by atoms with Crippen LogP contribution in [0.15, 0.2) is 59.8 Å². The molecule has 0 aliphatic rings. The van der Waals surface area contributed by atoms with E-state index >= 15 is 0 Å². The van der Waals surface area contributed by atoms with Crippen LogP contribution in [0.1, 0.15) is 61.3 Å². The molecule has 44 heavy (non-hydrogen) atoms. The standard InChI is InChI=1S/2C16H18N4S.2Pt/c2*1-14-12-15(18-17-14)6-3-2-4-8-19-9-10-20(13-19)16-7-5-11-21-16;;/h2*5,9-12H,2-4,6,8H2,1H3;;/q2*-2;;. The summed E-state index contributed by atoms with van der Waals surface area (Å²) in [6.45, 7) is 6.10. The number of hydrogen-bond donors (Lipinski definition) is 0. The van der Waals surface area contributed by atoms with Gasteiger partial charge in [-0.1, -0.05) is 0 Å². The molecule has 0 radical (unpaired) electrons. The molecular formula is C32H36N8Pt2S2-4. The van der Waals surface area contributed by atoms with Crippen molar-refractivity contribution in [2.45, 2.75) is 78.3 Å². The monoisotopic (exact) mass is 986 g/mol. The van der Waals surface area contributed by atoms with E-state index in [1.165, 1.54) is 46.1 Å². The van der Waals surface area contributed by atoms with Crippen molar-refractivity contribution >= 4 is 22.7 Å². The predicted molar refractivity (Wildman–Crippen MR) is 167 cm³/mol. The van der Waals surface area contributed by atoms with Crippen molar-refractivity contribution in [1.29, 1.82) is 0 Å². The number of thiophene rings is 2. The molecule has 0 saturated heterocycles. The van der Waals surface area contributed by atoms with E-state index in [1.54, 1.807) is 22.7 Å². The summed E-state index contributed by atoms with van der Waals surface area (Å²) in [5.41, 5.74) is 4.29. The third-order valence-electron chi connectivity index (χ3n) is 7.03. The Hall–Kier alpha value is -2.38. The molecular weight excluding hydrogens is 951 g/mol. The summed E-state index contributed by atoms with van der Waals surface area (Å²) in [5, 5.41) is 22.8. The second-order valence-corrected chi connectivity index (χ2v) is 14.3. The van der Waals surface area contributed by atoms with E-state index in [1.807, 2.05) is 26.0 Å². The Kier molecular flexibility index (Phi) is 12.6. The summed E-state index contributed by atoms with van der Waals surface area (Å²) in [5.74, 6) is 0. The van der Waals surface area contributed by atoms with E-state index < -0.39 is 0 Å². The average Bonchev–Trinajstić information content (AvgIpc) is 3.85. The minimum atomic E-state index is 1.02. The van der Waals surface area contributed by atoms with Crippen molar-refractivity contribution in [3.05, 3.63) is 102 Å². The summed E-state index contributed by atoms with van der Waals surface area (Å²) in [6, 6.07) is 14.6. The van der Waals surface area contributed by atoms with Crippen LogP contribution in [0.5, 0.6) is 0 Å². The van der Waals surface area contributed by atoms with Gasteiger partial charge >= 0.3 is 291 Å². The van der Waals surface area contributed by atoms with Crippen molar-refractivity contribution in [2.75, 3.05) is 0 Å². The maximum absolute atomic E-state index is 4.16. The first kappa shape index (κ1) is 33.0. The average molecular weight is 987 g/mol. The van der Waals surface area contributed by atoms with Gasteiger partial charge in [0, 0.05) is 0 Å². The number of aromatic nitrogens is 8. The fourth-order valence-electron chi connectivity index (χ4n) is 4.80. The molecule has 0 bridgehead atoms. The minimum absolute atomic E-state index is 1.02. The zero-order chi connectivity index (χ0) is 30.7. The zero-order valence-corrected chi connectivity index (χ0v) is 31.0. The Morgan fingerprint density at radius 3 is 1.48 bits per heavy atom. The third-order valence-corrected chi connectivity index (χ3v) is 11.1. The van der Waals surface area contributed by atoms with Crippen LogP contribution in [0.3, 0.4) is 0 Å². The van der Waals surface area contributed by atoms with Gasteiger partial charge in [-0.3, -0.25) is 0 Å². The Balaban J connectivity index is 0.000000175. The molecule has 6 heterocycles. The molecule has 0 N–H and O–H groups in total. The van der Waals surface area contributed by atoms with Crippen LogP contribution in [0, 0.1) is 33.6 Å². The molecule has 6 aromatic rings. The first-order chi connectivity index (χ1) is 21.5. The predicted octanol–water partition coefficient (Wildman–Crippen LogP) is 6.59. The number of aryl methyl sites for hydroxylation is 6. The molecule has 240 valence electrons. The molecule has 8 nitrogen and oxygen atoms in total. The third kappa shape index (κ3) is 9.32. The first-order valence-corrected chi connectivity index (χ1v) is 18.8. The van der Waals surface area contributed by atoms with Gasteiger partial charge in [-0.25, -0.2) is 0 Å². The summed E-state index contributed by atoms with van der Waals surface area (Å²) in [7, 11) is 0. The Morgan fingerprint density at radius 2 is 1.11 bits per heavy atom. The SMILES string of the molecule is Cc1cc(CCCCCn2ccn(-c3[c-]ccs3)[c]2=[Pt])n[n-]1.Cc1cc(CCCCCn2ccn(-c3[c-]ccs3)[c]2=[Pt])n[n-]1. The summed E-state index contributed by atoms with van der Waals surface area (Å²) < 4.78 is 11.5. The van der Waals surface area contributed by atoms with Gasteiger partial charge < -0.3 is 0 Å². The molecule has 0 aromatic carbocycles. The van der Waals surface area contributed by atoms with Crippen LogP contribution in [-0.2, 0) is 64.6 Å². The number of rotatable bonds is 14. The molecule has 0 atom stereocenters. The normalized spacial score (nSPS) is 11.2. The molecule has 0 aliphatic heterocycles. The van der Waals surface area contributed by atoms with Crippen LogP contribution in [0.25, 0.3) is 10.0 Å². The van der Waals surface area contributed by atoms with Gasteiger partial charge in [0.2, 0.25) is 0 Å². The molecule has 0 amide bonds. The van der Waals surface area contributed by atoms with Crippen molar-refractivity contribution in [3.8, 4) is 10.0 Å². The molecule has 6 aromatic heterocycles. The summed E-state index contributed by atoms with van der Waals surface area (Å²) in [6.07, 6.45) is 17.8. The Morgan fingerprint density at radius 1 is 0.659 bits per heavy atom. The van der Waals surface area contributed by atoms with E-state index in [-0.39, 0.29) is 0 Å². The van der Waals surface area contributed by atoms with Crippen LogP contribution in [0.2, 0.25) is 0 Å². The molecule has 0 saturated carbocycles. The molecule has 12 heteroatoms. The molecule has 0 fully saturated rings. The Bertz CT molecular complexity index is 1670. The zero-order valence-electron chi connectivity index (χ0n) is 24.9. The maximum atomic E-state index is 4.16. The topological polar surface area (TPSA) is 73.7 Å². The molecule has 0 aliphatic carbocycles. The second-order valence-electron chi connectivity index (χ2n) is 10.5. The van der Waals surface area contributed by atoms with E-state index in [4.69, 9.17) is 0 Å². The quantitative estimate of drug-likeness (QED) is 0.0914. The van der Waals surface area contributed by atoms with Crippen molar-refractivity contribution < 1.29 is 38.7 Å². The van der Waals surface area contributed by atoms with Gasteiger partial charge in [-0.05, 0) is 0 Å². The van der Waals surface area contributed by atoms with Gasteiger partial charge in [0.1, 0.15) is 0 Å². The van der Waals surface area contributed by atoms with E-state index in [2.05, 4.69) is 137 Å². The fraction of sp³-hybridized carbons (Fsp3) is 0.375. The van der Waals surface area contributed by atoms with Gasteiger partial charge in [-0.15, -0.1) is 0 Å². The van der Waals surface area contributed by atoms with Crippen molar-refractivity contribution in [2.24, 2.45) is 0 Å². The van der Waals surface area contributed by atoms with Gasteiger partial charge in [0.05, 0.1) is 0 Å². The van der Waals surface area contributed by atoms with E-state index in [0.717, 1.165) is 58.7 Å². The van der Waals surface area contributed by atoms with Crippen LogP contribution < -0.4 is 10.2 Å². The van der Waals surface area contributed by atoms with Crippen molar-refractivity contribution in [3.63, 3.8) is 0 Å². The van der Waals surface area contributed by atoms with Crippen LogP contribution in [0.4, 0.5) is 0 Å². The number of imidazole rings is 2. The summed E-state index contributed by atoms with van der Waals surface area (Å²) in [4.78, 5) is 0. The van der Waals surface area contributed by atoms with Crippen molar-refractivity contribution in [1.82, 2.24) is 38.7 Å². The van der Waals surface area contributed by atoms with Crippen LogP contribution in [-0.4, -0.2) is 28.5 Å². The van der Waals surface area contributed by atoms with E-state index in [0.29, 0.717) is 0 Å². The molecule has 0 unspecified atom stereocenters. The first-order valence-electron chi connectivity index (χ1n) is 14.8. The second kappa shape index (κ2) is 16.8. The number of nitrogens with zero attached hydrogens (tertiary/aromatic N) is 8. The van der Waals surface area contributed by atoms with Crippen LogP contribution >= 0.6 is 22.7 Å². The van der Waals surface area contributed by atoms with Gasteiger partial charge in [0.25, 0.3) is 0 Å².